The molecule has 1 fully saturated rings. The standard InChI is InChI=1S/C21H30N4O3S/c1-5-6-11-25-20(17-7-9-18(27-4)10-8-17)22-23-21(25)29-14-19(26)24-12-15(2)28-16(3)13-24/h7-10,15-16H,5-6,11-14H2,1-4H3. The van der Waals surface area contributed by atoms with Gasteiger partial charge in [0, 0.05) is 25.2 Å². The van der Waals surface area contributed by atoms with Crippen molar-refractivity contribution < 1.29 is 14.3 Å². The zero-order valence-corrected chi connectivity index (χ0v) is 18.4. The number of benzene rings is 1. The van der Waals surface area contributed by atoms with Crippen LogP contribution in [0.25, 0.3) is 11.4 Å². The molecule has 2 unspecified atom stereocenters. The molecule has 1 saturated heterocycles. The maximum absolute atomic E-state index is 12.7. The van der Waals surface area contributed by atoms with Crippen LogP contribution in [0.3, 0.4) is 0 Å². The number of hydrogen-bond acceptors (Lipinski definition) is 6. The lowest BCUT2D eigenvalue weighted by Crippen LogP contribution is -2.48. The largest absolute Gasteiger partial charge is 0.497 e. The van der Waals surface area contributed by atoms with Crippen LogP contribution in [0, 0.1) is 0 Å². The number of ether oxygens (including phenoxy) is 2. The summed E-state index contributed by atoms with van der Waals surface area (Å²) in [6, 6.07) is 7.82. The van der Waals surface area contributed by atoms with Crippen LogP contribution >= 0.6 is 11.8 Å². The molecule has 0 saturated carbocycles. The van der Waals surface area contributed by atoms with Crippen molar-refractivity contribution in [3.8, 4) is 17.1 Å². The lowest BCUT2D eigenvalue weighted by atomic mass is 10.2. The van der Waals surface area contributed by atoms with Gasteiger partial charge in [-0.05, 0) is 44.5 Å². The van der Waals surface area contributed by atoms with Gasteiger partial charge < -0.3 is 18.9 Å². The van der Waals surface area contributed by atoms with Gasteiger partial charge in [0.25, 0.3) is 0 Å². The fraction of sp³-hybridized carbons (Fsp3) is 0.571. The quantitative estimate of drug-likeness (QED) is 0.612. The zero-order valence-electron chi connectivity index (χ0n) is 17.6. The fourth-order valence-electron chi connectivity index (χ4n) is 3.47. The number of carbonyl (C=O) groups excluding carboxylic acids is 1. The summed E-state index contributed by atoms with van der Waals surface area (Å²) in [6.07, 6.45) is 2.25. The predicted octanol–water partition coefficient (Wildman–Crippen LogP) is 3.48. The number of methoxy groups -OCH3 is 1. The van der Waals surface area contributed by atoms with Crippen molar-refractivity contribution in [2.45, 2.75) is 57.5 Å². The number of hydrogen-bond donors (Lipinski definition) is 0. The van der Waals surface area contributed by atoms with Gasteiger partial charge in [0.15, 0.2) is 11.0 Å². The molecule has 29 heavy (non-hydrogen) atoms. The summed E-state index contributed by atoms with van der Waals surface area (Å²) >= 11 is 1.46. The molecular formula is C21H30N4O3S. The van der Waals surface area contributed by atoms with Gasteiger partial charge in [0.1, 0.15) is 5.75 Å². The fourth-order valence-corrected chi connectivity index (χ4v) is 4.33. The number of nitrogens with zero attached hydrogens (tertiary/aromatic N) is 4. The maximum Gasteiger partial charge on any atom is 0.233 e. The molecule has 1 aliphatic heterocycles. The molecule has 0 radical (unpaired) electrons. The van der Waals surface area contributed by atoms with Crippen molar-refractivity contribution in [3.63, 3.8) is 0 Å². The molecule has 1 aromatic heterocycles. The summed E-state index contributed by atoms with van der Waals surface area (Å²) in [7, 11) is 1.65. The second-order valence-electron chi connectivity index (χ2n) is 7.38. The first-order chi connectivity index (χ1) is 14.0. The number of carbonyl (C=O) groups is 1. The SMILES string of the molecule is CCCCn1c(SCC(=O)N2CC(C)OC(C)C2)nnc1-c1ccc(OC)cc1. The number of morpholine rings is 1. The Balaban J connectivity index is 1.72. The van der Waals surface area contributed by atoms with Crippen molar-refractivity contribution in [3.05, 3.63) is 24.3 Å². The number of amides is 1. The van der Waals surface area contributed by atoms with Gasteiger partial charge in [-0.1, -0.05) is 25.1 Å². The van der Waals surface area contributed by atoms with E-state index in [-0.39, 0.29) is 18.1 Å². The molecule has 2 aromatic rings. The summed E-state index contributed by atoms with van der Waals surface area (Å²) in [4.78, 5) is 14.6. The van der Waals surface area contributed by atoms with Gasteiger partial charge in [0.05, 0.1) is 25.1 Å². The Kier molecular flexibility index (Phi) is 7.55. The van der Waals surface area contributed by atoms with E-state index in [0.717, 1.165) is 41.7 Å². The van der Waals surface area contributed by atoms with E-state index in [4.69, 9.17) is 9.47 Å². The smallest absolute Gasteiger partial charge is 0.233 e. The van der Waals surface area contributed by atoms with Crippen LogP contribution in [0.4, 0.5) is 0 Å². The van der Waals surface area contributed by atoms with E-state index >= 15 is 0 Å². The van der Waals surface area contributed by atoms with Crippen LogP contribution in [-0.2, 0) is 16.1 Å². The Morgan fingerprint density at radius 3 is 2.52 bits per heavy atom. The third-order valence-corrected chi connectivity index (χ3v) is 5.85. The van der Waals surface area contributed by atoms with Crippen molar-refractivity contribution in [2.24, 2.45) is 0 Å². The van der Waals surface area contributed by atoms with E-state index in [1.54, 1.807) is 7.11 Å². The molecule has 7 nitrogen and oxygen atoms in total. The normalized spacial score (nSPS) is 19.4. The van der Waals surface area contributed by atoms with Crippen molar-refractivity contribution in [2.75, 3.05) is 26.0 Å². The summed E-state index contributed by atoms with van der Waals surface area (Å²) in [5, 5.41) is 9.58. The second kappa shape index (κ2) is 10.1. The molecule has 0 N–H and O–H groups in total. The molecular weight excluding hydrogens is 388 g/mol. The van der Waals surface area contributed by atoms with E-state index < -0.39 is 0 Å². The zero-order chi connectivity index (χ0) is 20.8. The van der Waals surface area contributed by atoms with Crippen molar-refractivity contribution >= 4 is 17.7 Å². The Labute approximate surface area is 176 Å². The number of aromatic nitrogens is 3. The van der Waals surface area contributed by atoms with E-state index in [1.807, 2.05) is 43.0 Å². The van der Waals surface area contributed by atoms with Crippen LogP contribution in [0.15, 0.2) is 29.4 Å². The molecule has 3 rings (SSSR count). The topological polar surface area (TPSA) is 69.5 Å². The Morgan fingerprint density at radius 2 is 1.90 bits per heavy atom. The minimum atomic E-state index is 0.0718. The number of unbranched alkanes of at least 4 members (excludes halogenated alkanes) is 1. The molecule has 0 aliphatic carbocycles. The third kappa shape index (κ3) is 5.51. The summed E-state index contributed by atoms with van der Waals surface area (Å²) in [5.74, 6) is 2.10. The number of thioether (sulfide) groups is 1. The second-order valence-corrected chi connectivity index (χ2v) is 8.33. The summed E-state index contributed by atoms with van der Waals surface area (Å²) < 4.78 is 13.1. The Morgan fingerprint density at radius 1 is 1.21 bits per heavy atom. The molecule has 1 amide bonds. The van der Waals surface area contributed by atoms with E-state index in [1.165, 1.54) is 11.8 Å². The van der Waals surface area contributed by atoms with E-state index in [0.29, 0.717) is 18.8 Å². The monoisotopic (exact) mass is 418 g/mol. The highest BCUT2D eigenvalue weighted by molar-refractivity contribution is 7.99. The molecule has 8 heteroatoms. The lowest BCUT2D eigenvalue weighted by molar-refractivity contribution is -0.140. The predicted molar refractivity (Wildman–Crippen MR) is 114 cm³/mol. The molecule has 0 bridgehead atoms. The van der Waals surface area contributed by atoms with Crippen LogP contribution in [0.1, 0.15) is 33.6 Å². The molecule has 158 valence electrons. The highest BCUT2D eigenvalue weighted by Gasteiger charge is 2.26. The molecule has 2 heterocycles. The number of rotatable bonds is 8. The minimum Gasteiger partial charge on any atom is -0.497 e. The highest BCUT2D eigenvalue weighted by atomic mass is 32.2. The minimum absolute atomic E-state index is 0.0718. The van der Waals surface area contributed by atoms with E-state index in [9.17, 15) is 4.79 Å². The van der Waals surface area contributed by atoms with Crippen LogP contribution in [0.5, 0.6) is 5.75 Å². The molecule has 2 atom stereocenters. The third-order valence-electron chi connectivity index (χ3n) is 4.90. The van der Waals surface area contributed by atoms with Crippen LogP contribution in [0.2, 0.25) is 0 Å². The highest BCUT2D eigenvalue weighted by Crippen LogP contribution is 2.26. The van der Waals surface area contributed by atoms with Gasteiger partial charge >= 0.3 is 0 Å². The summed E-state index contributed by atoms with van der Waals surface area (Å²) in [6.45, 7) is 8.28. The van der Waals surface area contributed by atoms with E-state index in [2.05, 4.69) is 21.7 Å². The van der Waals surface area contributed by atoms with Gasteiger partial charge in [-0.15, -0.1) is 10.2 Å². The van der Waals surface area contributed by atoms with Gasteiger partial charge in [-0.25, -0.2) is 0 Å². The molecule has 1 aliphatic rings. The lowest BCUT2D eigenvalue weighted by Gasteiger charge is -2.35. The molecule has 1 aromatic carbocycles. The Bertz CT molecular complexity index is 799. The average Bonchev–Trinajstić information content (AvgIpc) is 3.12. The average molecular weight is 419 g/mol. The van der Waals surface area contributed by atoms with Gasteiger partial charge in [-0.3, -0.25) is 4.79 Å². The van der Waals surface area contributed by atoms with Crippen molar-refractivity contribution in [1.29, 1.82) is 0 Å². The van der Waals surface area contributed by atoms with Crippen LogP contribution in [-0.4, -0.2) is 63.7 Å². The first kappa shape index (κ1) is 21.6. The van der Waals surface area contributed by atoms with Gasteiger partial charge in [0.2, 0.25) is 5.91 Å². The van der Waals surface area contributed by atoms with Gasteiger partial charge in [-0.2, -0.15) is 0 Å². The van der Waals surface area contributed by atoms with Crippen molar-refractivity contribution in [1.82, 2.24) is 19.7 Å². The summed E-state index contributed by atoms with van der Waals surface area (Å²) in [5.41, 5.74) is 0.989. The van der Waals surface area contributed by atoms with Crippen LogP contribution < -0.4 is 4.74 Å². The Hall–Kier alpha value is -2.06. The first-order valence-corrected chi connectivity index (χ1v) is 11.1. The molecule has 0 spiro atoms. The first-order valence-electron chi connectivity index (χ1n) is 10.2. The maximum atomic E-state index is 12.7.